The first kappa shape index (κ1) is 78.6. The molecule has 0 amide bonds. The Bertz CT molecular complexity index is 1220. The summed E-state index contributed by atoms with van der Waals surface area (Å²) >= 11 is 3.67. The van der Waals surface area contributed by atoms with Crippen molar-refractivity contribution in [2.75, 3.05) is 184 Å². The monoisotopic (exact) mass is 1100 g/mol. The van der Waals surface area contributed by atoms with Gasteiger partial charge in [0.15, 0.2) is 0 Å². The maximum atomic E-state index is 5.54. The molecule has 0 aliphatic carbocycles. The summed E-state index contributed by atoms with van der Waals surface area (Å²) in [6.45, 7) is 23.9. The molecule has 442 valence electrons. The molecule has 75 heavy (non-hydrogen) atoms. The van der Waals surface area contributed by atoms with Crippen LogP contribution in [0.3, 0.4) is 0 Å². The fourth-order valence-electron chi connectivity index (χ4n) is 5.08. The maximum Gasteiger partial charge on any atom is 0.111 e. The quantitative estimate of drug-likeness (QED) is 0.0223. The van der Waals surface area contributed by atoms with Gasteiger partial charge < -0.3 is 74.0 Å². The van der Waals surface area contributed by atoms with Crippen LogP contribution in [0.2, 0.25) is 0 Å². The second-order valence-corrected chi connectivity index (χ2v) is 18.4. The second-order valence-electron chi connectivity index (χ2n) is 16.4. The van der Waals surface area contributed by atoms with E-state index in [1.165, 1.54) is 25.7 Å². The van der Waals surface area contributed by atoms with Gasteiger partial charge in [-0.1, -0.05) is 38.8 Å². The Balaban J connectivity index is -0.000000472. The van der Waals surface area contributed by atoms with E-state index in [0.717, 1.165) is 114 Å². The number of unbranched alkanes of at least 4 members (excludes halogenated alkanes) is 2. The van der Waals surface area contributed by atoms with E-state index in [1.54, 1.807) is 51.8 Å². The fraction of sp³-hybridized carbons (Fsp3) is 0.724. The van der Waals surface area contributed by atoms with Crippen LogP contribution in [-0.4, -0.2) is 184 Å². The van der Waals surface area contributed by atoms with Gasteiger partial charge in [0.25, 0.3) is 0 Å². The summed E-state index contributed by atoms with van der Waals surface area (Å²) in [7, 11) is 7.20. The Morgan fingerprint density at radius 2 is 0.733 bits per heavy atom. The molecule has 0 bridgehead atoms. The topological polar surface area (TPSA) is 152 Å². The van der Waals surface area contributed by atoms with Gasteiger partial charge in [0.1, 0.15) is 26.4 Å². The smallest absolute Gasteiger partial charge is 0.111 e. The van der Waals surface area contributed by atoms with Crippen molar-refractivity contribution in [2.24, 2.45) is 0 Å². The standard InChI is InChI=1S/C19H36N2O4.C19H34O4S2.C11H24N2O.C9H19NO/c1-19(18-25-17-16-23-12-7-5-10-21-3)8-13-24-15-14-22-11-6-4-9-20-2;1-19(18-23-15-14-21-10-5-7-17-25-3)8-11-22-13-12-20-9-4-6-16-24-2;1-3-4-7-12-9-10-13-8-5-6-11-14-2;1-3-4-7-10-8-5-6-9-11-2/h6-8,11-12,20-21H,4-5,9-10,13-18H2,1-3H3;4-5,8-10H,6-7,11-18H2,1-3H3;6,11-13H,3-5,7-10H2,1-2H3;6,9-10H,3-5,7-8H2,1-2H3/b11-6?,12-7?,19-8-;9-4?,10-5?,19-8-;;. The molecule has 0 aliphatic heterocycles. The Morgan fingerprint density at radius 3 is 1.09 bits per heavy atom. The van der Waals surface area contributed by atoms with Crippen molar-refractivity contribution < 1.29 is 47.4 Å². The predicted octanol–water partition coefficient (Wildman–Crippen LogP) is 10.2. The Kier molecular flexibility index (Phi) is 83.7. The summed E-state index contributed by atoms with van der Waals surface area (Å²) < 4.78 is 52.9. The van der Waals surface area contributed by atoms with Crippen LogP contribution in [0.15, 0.2) is 97.3 Å². The van der Waals surface area contributed by atoms with E-state index in [4.69, 9.17) is 47.4 Å². The predicted molar refractivity (Wildman–Crippen MR) is 324 cm³/mol. The molecule has 0 aliphatic rings. The molecule has 0 radical (unpaired) electrons. The summed E-state index contributed by atoms with van der Waals surface area (Å²) in [6.07, 6.45) is 42.0. The average molecular weight is 1100 g/mol. The van der Waals surface area contributed by atoms with E-state index < -0.39 is 0 Å². The van der Waals surface area contributed by atoms with Crippen LogP contribution < -0.4 is 26.6 Å². The van der Waals surface area contributed by atoms with Gasteiger partial charge in [-0.25, -0.2) is 0 Å². The van der Waals surface area contributed by atoms with E-state index in [0.29, 0.717) is 79.3 Å². The molecule has 0 saturated carbocycles. The van der Waals surface area contributed by atoms with Gasteiger partial charge in [0.05, 0.1) is 105 Å². The number of hydrogen-bond donors (Lipinski definition) is 5. The molecule has 0 aromatic carbocycles. The van der Waals surface area contributed by atoms with Crippen LogP contribution in [0.5, 0.6) is 0 Å². The lowest BCUT2D eigenvalue weighted by Crippen LogP contribution is -2.28. The highest BCUT2D eigenvalue weighted by molar-refractivity contribution is 7.98. The molecular formula is C58H113N5O10S2. The molecule has 0 unspecified atom stereocenters. The van der Waals surface area contributed by atoms with Gasteiger partial charge in [-0.05, 0) is 190 Å². The zero-order valence-corrected chi connectivity index (χ0v) is 50.7. The highest BCUT2D eigenvalue weighted by Gasteiger charge is 1.95. The van der Waals surface area contributed by atoms with Gasteiger partial charge in [-0.2, -0.15) is 23.5 Å². The molecule has 0 atom stereocenters. The first-order valence-corrected chi connectivity index (χ1v) is 30.2. The van der Waals surface area contributed by atoms with Crippen LogP contribution in [-0.2, 0) is 47.4 Å². The third-order valence-corrected chi connectivity index (χ3v) is 10.6. The van der Waals surface area contributed by atoms with E-state index in [9.17, 15) is 0 Å². The van der Waals surface area contributed by atoms with Crippen molar-refractivity contribution in [1.82, 2.24) is 26.6 Å². The molecular weight excluding hydrogens is 991 g/mol. The van der Waals surface area contributed by atoms with Crippen LogP contribution in [0.4, 0.5) is 0 Å². The number of thioether (sulfide) groups is 2. The normalized spacial score (nSPS) is 11.9. The van der Waals surface area contributed by atoms with Crippen molar-refractivity contribution in [2.45, 2.75) is 91.9 Å². The third kappa shape index (κ3) is 88.0. The van der Waals surface area contributed by atoms with Crippen molar-refractivity contribution in [3.05, 3.63) is 97.3 Å². The summed E-state index contributed by atoms with van der Waals surface area (Å²) in [5.74, 6) is 2.26. The van der Waals surface area contributed by atoms with Crippen LogP contribution in [0, 0.1) is 0 Å². The third-order valence-electron chi connectivity index (χ3n) is 9.34. The lowest BCUT2D eigenvalue weighted by molar-refractivity contribution is 0.0940. The molecule has 5 N–H and O–H groups in total. The van der Waals surface area contributed by atoms with E-state index in [2.05, 4.69) is 52.9 Å². The lowest BCUT2D eigenvalue weighted by atomic mass is 10.3. The van der Waals surface area contributed by atoms with E-state index >= 15 is 0 Å². The SMILES string of the molecule is CCCCNCCC=COC.CCCCNCCNCCC=COC.CNCCC=COCCOC/C=C(/C)COCCOC=CCCNC.CSCCC=COCCOC/C=C(/C)COCCOC=CCCSC. The lowest BCUT2D eigenvalue weighted by Gasteiger charge is -2.05. The van der Waals surface area contributed by atoms with Crippen molar-refractivity contribution in [3.63, 3.8) is 0 Å². The number of ether oxygens (including phenoxy) is 10. The zero-order chi connectivity index (χ0) is 55.7. The number of nitrogens with one attached hydrogen (secondary N) is 5. The highest BCUT2D eigenvalue weighted by Crippen LogP contribution is 1.99. The van der Waals surface area contributed by atoms with Gasteiger partial charge in [-0.3, -0.25) is 0 Å². The Labute approximate surface area is 468 Å². The summed E-state index contributed by atoms with van der Waals surface area (Å²) in [6, 6.07) is 0. The minimum Gasteiger partial charge on any atom is -0.505 e. The van der Waals surface area contributed by atoms with E-state index in [1.807, 2.05) is 100 Å². The molecule has 0 rings (SSSR count). The van der Waals surface area contributed by atoms with Crippen LogP contribution in [0.25, 0.3) is 0 Å². The van der Waals surface area contributed by atoms with Crippen LogP contribution in [0.1, 0.15) is 91.9 Å². The number of hydrogen-bond acceptors (Lipinski definition) is 17. The minimum absolute atomic E-state index is 0.568. The largest absolute Gasteiger partial charge is 0.505 e. The Morgan fingerprint density at radius 1 is 0.400 bits per heavy atom. The summed E-state index contributed by atoms with van der Waals surface area (Å²) in [5.41, 5.74) is 2.31. The molecule has 0 heterocycles. The van der Waals surface area contributed by atoms with Crippen molar-refractivity contribution >= 4 is 23.5 Å². The van der Waals surface area contributed by atoms with Gasteiger partial charge >= 0.3 is 0 Å². The Hall–Kier alpha value is -2.94. The molecule has 0 spiro atoms. The van der Waals surface area contributed by atoms with E-state index in [-0.39, 0.29) is 0 Å². The summed E-state index contributed by atoms with van der Waals surface area (Å²) in [4.78, 5) is 0. The number of methoxy groups -OCH3 is 2. The maximum absolute atomic E-state index is 5.54. The summed E-state index contributed by atoms with van der Waals surface area (Å²) in [5, 5.41) is 16.2. The molecule has 0 aromatic heterocycles. The minimum atomic E-state index is 0.568. The number of rotatable bonds is 53. The van der Waals surface area contributed by atoms with Crippen LogP contribution >= 0.6 is 23.5 Å². The molecule has 0 saturated heterocycles. The second kappa shape index (κ2) is 79.9. The van der Waals surface area contributed by atoms with Gasteiger partial charge in [0.2, 0.25) is 0 Å². The molecule has 17 heteroatoms. The fourth-order valence-corrected chi connectivity index (χ4v) is 5.82. The first-order valence-electron chi connectivity index (χ1n) is 27.4. The van der Waals surface area contributed by atoms with Crippen molar-refractivity contribution in [3.8, 4) is 0 Å². The first-order chi connectivity index (χ1) is 36.9. The number of allylic oxidation sites excluding steroid dienone is 2. The van der Waals surface area contributed by atoms with Gasteiger partial charge in [0, 0.05) is 13.1 Å². The molecule has 0 fully saturated rings. The zero-order valence-electron chi connectivity index (χ0n) is 49.1. The molecule has 0 aromatic rings. The van der Waals surface area contributed by atoms with Gasteiger partial charge in [-0.15, -0.1) is 0 Å². The van der Waals surface area contributed by atoms with Crippen molar-refractivity contribution in [1.29, 1.82) is 0 Å². The average Bonchev–Trinajstić information content (AvgIpc) is 3.42. The highest BCUT2D eigenvalue weighted by atomic mass is 32.2. The molecule has 15 nitrogen and oxygen atoms in total.